The molecule has 1 unspecified atom stereocenters. The van der Waals surface area contributed by atoms with E-state index in [1.165, 1.54) is 11.4 Å². The number of hydrogen-bond donors (Lipinski definition) is 3. The van der Waals surface area contributed by atoms with Gasteiger partial charge in [0.15, 0.2) is 0 Å². The van der Waals surface area contributed by atoms with Gasteiger partial charge in [-0.05, 0) is 30.7 Å². The van der Waals surface area contributed by atoms with Crippen LogP contribution in [0.4, 0.5) is 11.8 Å². The highest BCUT2D eigenvalue weighted by atomic mass is 32.1. The summed E-state index contributed by atoms with van der Waals surface area (Å²) in [6.07, 6.45) is 6.97. The van der Waals surface area contributed by atoms with E-state index in [-0.39, 0.29) is 12.2 Å². The van der Waals surface area contributed by atoms with Gasteiger partial charge in [-0.15, -0.1) is 11.3 Å². The number of anilines is 2. The van der Waals surface area contributed by atoms with Gasteiger partial charge in [0, 0.05) is 44.8 Å². The molecule has 1 aliphatic heterocycles. The molecule has 0 bridgehead atoms. The molecule has 0 spiro atoms. The fourth-order valence-corrected chi connectivity index (χ4v) is 4.94. The van der Waals surface area contributed by atoms with Crippen LogP contribution in [0.15, 0.2) is 17.8 Å². The number of hydrogen-bond acceptors (Lipinski definition) is 8. The Labute approximate surface area is 173 Å². The summed E-state index contributed by atoms with van der Waals surface area (Å²) in [5.74, 6) is 1.54. The molecule has 154 valence electrons. The van der Waals surface area contributed by atoms with Crippen LogP contribution in [0.2, 0.25) is 0 Å². The van der Waals surface area contributed by atoms with Crippen LogP contribution in [0.25, 0.3) is 10.2 Å². The zero-order valence-corrected chi connectivity index (χ0v) is 17.3. The summed E-state index contributed by atoms with van der Waals surface area (Å²) in [6.45, 7) is 1.45. The number of nitrogens with one attached hydrogen (secondary N) is 3. The predicted molar refractivity (Wildman–Crippen MR) is 114 cm³/mol. The molecule has 3 N–H and O–H groups in total. The van der Waals surface area contributed by atoms with Gasteiger partial charge < -0.3 is 25.1 Å². The number of ether oxygens (including phenoxy) is 2. The van der Waals surface area contributed by atoms with E-state index in [2.05, 4.69) is 32.0 Å². The molecule has 0 aromatic carbocycles. The minimum atomic E-state index is 0.130. The molecule has 0 amide bonds. The van der Waals surface area contributed by atoms with Gasteiger partial charge in [-0.3, -0.25) is 0 Å². The number of methoxy groups -OCH3 is 1. The van der Waals surface area contributed by atoms with Crippen LogP contribution in [-0.4, -0.2) is 58.4 Å². The molecule has 29 heavy (non-hydrogen) atoms. The summed E-state index contributed by atoms with van der Waals surface area (Å²) in [7, 11) is 1.77. The number of imidazole rings is 1. The third-order valence-electron chi connectivity index (χ3n) is 5.80. The first kappa shape index (κ1) is 18.8. The smallest absolute Gasteiger partial charge is 0.226 e. The van der Waals surface area contributed by atoms with Gasteiger partial charge in [-0.25, -0.2) is 9.97 Å². The van der Waals surface area contributed by atoms with Crippen LogP contribution in [0.5, 0.6) is 0 Å². The van der Waals surface area contributed by atoms with Crippen molar-refractivity contribution in [3.05, 3.63) is 29.2 Å². The summed E-state index contributed by atoms with van der Waals surface area (Å²) in [5, 5.41) is 10.1. The fourth-order valence-electron chi connectivity index (χ4n) is 4.17. The molecule has 4 heterocycles. The first-order valence-electron chi connectivity index (χ1n) is 10.2. The Morgan fingerprint density at radius 2 is 2.31 bits per heavy atom. The SMILES string of the molecule is CO[C@@H]1CCO[C@H](CNc2nc(NC3CCc4nc[nH]c4C3)nc3sccc23)C1. The minimum absolute atomic E-state index is 0.130. The van der Waals surface area contributed by atoms with Crippen LogP contribution in [0.1, 0.15) is 30.7 Å². The number of aromatic amines is 1. The normalized spacial score (nSPS) is 24.4. The zero-order chi connectivity index (χ0) is 19.6. The van der Waals surface area contributed by atoms with Gasteiger partial charge in [0.05, 0.1) is 29.6 Å². The highest BCUT2D eigenvalue weighted by molar-refractivity contribution is 7.16. The number of thiophene rings is 1. The van der Waals surface area contributed by atoms with Gasteiger partial charge >= 0.3 is 0 Å². The van der Waals surface area contributed by atoms with Crippen molar-refractivity contribution < 1.29 is 9.47 Å². The Hall–Kier alpha value is -2.23. The van der Waals surface area contributed by atoms with Crippen molar-refractivity contribution in [1.29, 1.82) is 0 Å². The Morgan fingerprint density at radius 1 is 1.34 bits per heavy atom. The van der Waals surface area contributed by atoms with Crippen molar-refractivity contribution in [2.45, 2.75) is 50.4 Å². The summed E-state index contributed by atoms with van der Waals surface area (Å²) in [4.78, 5) is 18.1. The molecule has 1 aliphatic carbocycles. The highest BCUT2D eigenvalue weighted by Crippen LogP contribution is 2.28. The van der Waals surface area contributed by atoms with E-state index in [1.54, 1.807) is 24.8 Å². The Morgan fingerprint density at radius 3 is 3.24 bits per heavy atom. The van der Waals surface area contributed by atoms with E-state index < -0.39 is 0 Å². The number of aryl methyl sites for hydroxylation is 1. The maximum absolute atomic E-state index is 5.89. The second-order valence-electron chi connectivity index (χ2n) is 7.70. The van der Waals surface area contributed by atoms with Crippen molar-refractivity contribution in [2.75, 3.05) is 30.9 Å². The molecular formula is C20H26N6O2S. The van der Waals surface area contributed by atoms with Crippen LogP contribution >= 0.6 is 11.3 Å². The van der Waals surface area contributed by atoms with E-state index in [0.29, 0.717) is 18.5 Å². The summed E-state index contributed by atoms with van der Waals surface area (Å²) >= 11 is 1.63. The molecule has 3 aromatic rings. The summed E-state index contributed by atoms with van der Waals surface area (Å²) in [6, 6.07) is 2.38. The van der Waals surface area contributed by atoms with E-state index in [4.69, 9.17) is 19.4 Å². The minimum Gasteiger partial charge on any atom is -0.381 e. The van der Waals surface area contributed by atoms with Crippen molar-refractivity contribution in [2.24, 2.45) is 0 Å². The van der Waals surface area contributed by atoms with Crippen molar-refractivity contribution in [3.63, 3.8) is 0 Å². The third-order valence-corrected chi connectivity index (χ3v) is 6.60. The summed E-state index contributed by atoms with van der Waals surface area (Å²) < 4.78 is 11.4. The monoisotopic (exact) mass is 414 g/mol. The van der Waals surface area contributed by atoms with Crippen molar-refractivity contribution >= 4 is 33.3 Å². The first-order valence-corrected chi connectivity index (χ1v) is 11.1. The quantitative estimate of drug-likeness (QED) is 0.570. The fraction of sp³-hybridized carbons (Fsp3) is 0.550. The lowest BCUT2D eigenvalue weighted by Gasteiger charge is -2.29. The second-order valence-corrected chi connectivity index (χ2v) is 8.60. The van der Waals surface area contributed by atoms with E-state index in [0.717, 1.165) is 54.7 Å². The van der Waals surface area contributed by atoms with Crippen molar-refractivity contribution in [3.8, 4) is 0 Å². The standard InChI is InChI=1S/C20H26N6O2S/c1-27-13-4-6-28-14(9-13)10-21-18-15-5-7-29-19(15)26-20(25-18)24-12-2-3-16-17(8-12)23-11-22-16/h5,7,11-14H,2-4,6,8-10H2,1H3,(H,22,23)(H2,21,24,25,26)/t12?,13-,14+/m1/s1. The number of fused-ring (bicyclic) bond motifs is 2. The number of nitrogens with zero attached hydrogens (tertiary/aromatic N) is 3. The molecule has 2 aliphatic rings. The average molecular weight is 415 g/mol. The van der Waals surface area contributed by atoms with Gasteiger partial charge in [-0.1, -0.05) is 0 Å². The lowest BCUT2D eigenvalue weighted by atomic mass is 9.96. The Kier molecular flexibility index (Phi) is 5.34. The number of aromatic nitrogens is 4. The second kappa shape index (κ2) is 8.25. The number of H-pyrrole nitrogens is 1. The van der Waals surface area contributed by atoms with Gasteiger partial charge in [0.25, 0.3) is 0 Å². The van der Waals surface area contributed by atoms with Crippen LogP contribution in [0.3, 0.4) is 0 Å². The molecular weight excluding hydrogens is 388 g/mol. The molecule has 9 heteroatoms. The summed E-state index contributed by atoms with van der Waals surface area (Å²) in [5.41, 5.74) is 2.40. The highest BCUT2D eigenvalue weighted by Gasteiger charge is 2.24. The molecule has 8 nitrogen and oxygen atoms in total. The number of rotatable bonds is 6. The van der Waals surface area contributed by atoms with E-state index in [9.17, 15) is 0 Å². The lowest BCUT2D eigenvalue weighted by Crippen LogP contribution is -2.35. The van der Waals surface area contributed by atoms with Crippen LogP contribution < -0.4 is 10.6 Å². The van der Waals surface area contributed by atoms with Gasteiger partial charge in [0.2, 0.25) is 5.95 Å². The third kappa shape index (κ3) is 4.08. The Bertz CT molecular complexity index is 973. The predicted octanol–water partition coefficient (Wildman–Crippen LogP) is 2.99. The van der Waals surface area contributed by atoms with Crippen LogP contribution in [0, 0.1) is 0 Å². The largest absolute Gasteiger partial charge is 0.381 e. The first-order chi connectivity index (χ1) is 14.3. The Balaban J connectivity index is 1.29. The maximum atomic E-state index is 5.89. The average Bonchev–Trinajstić information content (AvgIpc) is 3.41. The van der Waals surface area contributed by atoms with E-state index in [1.807, 2.05) is 0 Å². The zero-order valence-electron chi connectivity index (χ0n) is 16.5. The maximum Gasteiger partial charge on any atom is 0.226 e. The molecule has 1 fully saturated rings. The molecule has 0 saturated carbocycles. The van der Waals surface area contributed by atoms with Crippen LogP contribution in [-0.2, 0) is 22.3 Å². The molecule has 3 atom stereocenters. The van der Waals surface area contributed by atoms with Gasteiger partial charge in [-0.2, -0.15) is 4.98 Å². The van der Waals surface area contributed by atoms with Gasteiger partial charge in [0.1, 0.15) is 10.6 Å². The lowest BCUT2D eigenvalue weighted by molar-refractivity contribution is -0.0525. The molecule has 5 rings (SSSR count). The van der Waals surface area contributed by atoms with E-state index >= 15 is 0 Å². The molecule has 0 radical (unpaired) electrons. The molecule has 3 aromatic heterocycles. The topological polar surface area (TPSA) is 97.0 Å². The molecule has 1 saturated heterocycles. The van der Waals surface area contributed by atoms with Crippen molar-refractivity contribution in [1.82, 2.24) is 19.9 Å².